The molecular formula is C7H14N2O. The number of rotatable bonds is 1. The molecule has 1 rings (SSSR count). The van der Waals surface area contributed by atoms with E-state index in [1.165, 1.54) is 0 Å². The van der Waals surface area contributed by atoms with Crippen LogP contribution in [0, 0.1) is 5.92 Å². The van der Waals surface area contributed by atoms with E-state index < -0.39 is 0 Å². The topological polar surface area (TPSA) is 32.3 Å². The number of nitrogens with one attached hydrogen (secondary N) is 1. The molecule has 3 nitrogen and oxygen atoms in total. The van der Waals surface area contributed by atoms with Crippen molar-refractivity contribution in [3.63, 3.8) is 0 Å². The van der Waals surface area contributed by atoms with Crippen LogP contribution in [0.3, 0.4) is 0 Å². The average Bonchev–Trinajstić information content (AvgIpc) is 2.46. The molecule has 0 aromatic heterocycles. The Morgan fingerprint density at radius 2 is 2.10 bits per heavy atom. The smallest absolute Gasteiger partial charge is 0.317 e. The van der Waals surface area contributed by atoms with Crippen LogP contribution in [0.4, 0.5) is 4.79 Å². The zero-order valence-electron chi connectivity index (χ0n) is 6.72. The van der Waals surface area contributed by atoms with Crippen molar-refractivity contribution in [2.45, 2.75) is 19.4 Å². The highest BCUT2D eigenvalue weighted by Gasteiger charge is 2.33. The minimum absolute atomic E-state index is 0.0225. The van der Waals surface area contributed by atoms with Crippen molar-refractivity contribution < 1.29 is 4.79 Å². The summed E-state index contributed by atoms with van der Waals surface area (Å²) in [4.78, 5) is 12.5. The average molecular weight is 142 g/mol. The van der Waals surface area contributed by atoms with E-state index in [0.29, 0.717) is 12.0 Å². The van der Waals surface area contributed by atoms with Crippen molar-refractivity contribution in [2.75, 3.05) is 14.1 Å². The van der Waals surface area contributed by atoms with E-state index in [1.54, 1.807) is 19.0 Å². The summed E-state index contributed by atoms with van der Waals surface area (Å²) in [5.74, 6) is 0.684. The molecule has 1 aliphatic rings. The van der Waals surface area contributed by atoms with Crippen molar-refractivity contribution in [1.82, 2.24) is 10.2 Å². The lowest BCUT2D eigenvalue weighted by molar-refractivity contribution is 0.216. The lowest BCUT2D eigenvalue weighted by Crippen LogP contribution is -2.36. The largest absolute Gasteiger partial charge is 0.335 e. The Kier molecular flexibility index (Phi) is 1.83. The highest BCUT2D eigenvalue weighted by Crippen LogP contribution is 2.28. The third-order valence-corrected chi connectivity index (χ3v) is 1.82. The molecule has 0 aromatic carbocycles. The maximum absolute atomic E-state index is 11.0. The molecular weight excluding hydrogens is 128 g/mol. The predicted molar refractivity (Wildman–Crippen MR) is 39.8 cm³/mol. The van der Waals surface area contributed by atoms with Crippen molar-refractivity contribution in [1.29, 1.82) is 0 Å². The van der Waals surface area contributed by atoms with Gasteiger partial charge in [0.1, 0.15) is 0 Å². The maximum atomic E-state index is 11.0. The second-order valence-electron chi connectivity index (χ2n) is 3.16. The Morgan fingerprint density at radius 1 is 1.60 bits per heavy atom. The molecule has 0 aromatic rings. The van der Waals surface area contributed by atoms with Gasteiger partial charge < -0.3 is 10.2 Å². The molecule has 2 atom stereocenters. The Balaban J connectivity index is 2.20. The Bertz CT molecular complexity index is 145. The van der Waals surface area contributed by atoms with Crippen molar-refractivity contribution >= 4 is 6.03 Å². The Morgan fingerprint density at radius 3 is 2.40 bits per heavy atom. The summed E-state index contributed by atoms with van der Waals surface area (Å²) in [5, 5.41) is 2.89. The van der Waals surface area contributed by atoms with Gasteiger partial charge in [-0.2, -0.15) is 0 Å². The van der Waals surface area contributed by atoms with E-state index in [2.05, 4.69) is 12.2 Å². The van der Waals surface area contributed by atoms with Gasteiger partial charge in [0, 0.05) is 20.1 Å². The lowest BCUT2D eigenvalue weighted by Gasteiger charge is -2.10. The monoisotopic (exact) mass is 142 g/mol. The van der Waals surface area contributed by atoms with Gasteiger partial charge in [-0.05, 0) is 12.3 Å². The fourth-order valence-corrected chi connectivity index (χ4v) is 0.811. The van der Waals surface area contributed by atoms with Gasteiger partial charge in [0.2, 0.25) is 0 Å². The molecule has 1 N–H and O–H groups in total. The third-order valence-electron chi connectivity index (χ3n) is 1.82. The second-order valence-corrected chi connectivity index (χ2v) is 3.16. The molecule has 10 heavy (non-hydrogen) atoms. The SMILES string of the molecule is CC1CC1NC(=O)N(C)C. The van der Waals surface area contributed by atoms with E-state index in [0.717, 1.165) is 6.42 Å². The third kappa shape index (κ3) is 1.62. The van der Waals surface area contributed by atoms with Gasteiger partial charge in [0.15, 0.2) is 0 Å². The van der Waals surface area contributed by atoms with Crippen LogP contribution in [-0.2, 0) is 0 Å². The molecule has 58 valence electrons. The molecule has 0 spiro atoms. The number of hydrogen-bond donors (Lipinski definition) is 1. The lowest BCUT2D eigenvalue weighted by atomic mass is 10.5. The van der Waals surface area contributed by atoms with E-state index in [9.17, 15) is 4.79 Å². The van der Waals surface area contributed by atoms with E-state index >= 15 is 0 Å². The first-order valence-corrected chi connectivity index (χ1v) is 3.59. The molecule has 2 unspecified atom stereocenters. The first-order chi connectivity index (χ1) is 4.61. The van der Waals surface area contributed by atoms with Gasteiger partial charge in [-0.15, -0.1) is 0 Å². The van der Waals surface area contributed by atoms with Gasteiger partial charge in [0.25, 0.3) is 0 Å². The molecule has 1 fully saturated rings. The molecule has 1 saturated carbocycles. The number of urea groups is 1. The minimum Gasteiger partial charge on any atom is -0.335 e. The molecule has 0 heterocycles. The van der Waals surface area contributed by atoms with Crippen LogP contribution in [0.25, 0.3) is 0 Å². The van der Waals surface area contributed by atoms with Crippen LogP contribution < -0.4 is 5.32 Å². The second kappa shape index (κ2) is 2.48. The molecule has 3 heteroatoms. The molecule has 2 amide bonds. The molecule has 0 aliphatic heterocycles. The summed E-state index contributed by atoms with van der Waals surface area (Å²) in [7, 11) is 3.50. The summed E-state index contributed by atoms with van der Waals surface area (Å²) in [5.41, 5.74) is 0. The normalized spacial score (nSPS) is 29.5. The van der Waals surface area contributed by atoms with Crippen LogP contribution in [-0.4, -0.2) is 31.1 Å². The van der Waals surface area contributed by atoms with Crippen LogP contribution in [0.2, 0.25) is 0 Å². The molecule has 0 bridgehead atoms. The number of nitrogens with zero attached hydrogens (tertiary/aromatic N) is 1. The van der Waals surface area contributed by atoms with Crippen LogP contribution in [0.1, 0.15) is 13.3 Å². The summed E-state index contributed by atoms with van der Waals surface area (Å²) in [6, 6.07) is 0.462. The number of hydrogen-bond acceptors (Lipinski definition) is 1. The van der Waals surface area contributed by atoms with Gasteiger partial charge in [-0.3, -0.25) is 0 Å². The van der Waals surface area contributed by atoms with Crippen molar-refractivity contribution in [3.8, 4) is 0 Å². The summed E-state index contributed by atoms with van der Waals surface area (Å²) >= 11 is 0. The van der Waals surface area contributed by atoms with Crippen LogP contribution in [0.5, 0.6) is 0 Å². The zero-order chi connectivity index (χ0) is 7.72. The van der Waals surface area contributed by atoms with Gasteiger partial charge >= 0.3 is 6.03 Å². The fraction of sp³-hybridized carbons (Fsp3) is 0.857. The molecule has 1 aliphatic carbocycles. The van der Waals surface area contributed by atoms with Crippen LogP contribution >= 0.6 is 0 Å². The van der Waals surface area contributed by atoms with E-state index in [1.807, 2.05) is 0 Å². The standard InChI is InChI=1S/C7H14N2O/c1-5-4-6(5)8-7(10)9(2)3/h5-6H,4H2,1-3H3,(H,8,10). The Hall–Kier alpha value is -0.730. The van der Waals surface area contributed by atoms with Gasteiger partial charge in [-0.25, -0.2) is 4.79 Å². The first kappa shape index (κ1) is 7.38. The van der Waals surface area contributed by atoms with Gasteiger partial charge in [-0.1, -0.05) is 6.92 Å². The number of carbonyl (C=O) groups is 1. The quantitative estimate of drug-likeness (QED) is 0.573. The van der Waals surface area contributed by atoms with Crippen LogP contribution in [0.15, 0.2) is 0 Å². The highest BCUT2D eigenvalue weighted by atomic mass is 16.2. The Labute approximate surface area is 61.4 Å². The first-order valence-electron chi connectivity index (χ1n) is 3.59. The maximum Gasteiger partial charge on any atom is 0.317 e. The van der Waals surface area contributed by atoms with Crippen molar-refractivity contribution in [3.05, 3.63) is 0 Å². The summed E-state index contributed by atoms with van der Waals surface area (Å²) in [6.07, 6.45) is 1.14. The van der Waals surface area contributed by atoms with Crippen molar-refractivity contribution in [2.24, 2.45) is 5.92 Å². The van der Waals surface area contributed by atoms with E-state index in [-0.39, 0.29) is 6.03 Å². The zero-order valence-corrected chi connectivity index (χ0v) is 6.72. The summed E-state index contributed by atoms with van der Waals surface area (Å²) in [6.45, 7) is 2.14. The highest BCUT2D eigenvalue weighted by molar-refractivity contribution is 5.74. The fourth-order valence-electron chi connectivity index (χ4n) is 0.811. The predicted octanol–water partition coefficient (Wildman–Crippen LogP) is 0.666. The molecule has 0 radical (unpaired) electrons. The number of amides is 2. The summed E-state index contributed by atoms with van der Waals surface area (Å²) < 4.78 is 0. The van der Waals surface area contributed by atoms with Gasteiger partial charge in [0.05, 0.1) is 0 Å². The minimum atomic E-state index is 0.0225. The van der Waals surface area contributed by atoms with E-state index in [4.69, 9.17) is 0 Å². The number of carbonyl (C=O) groups excluding carboxylic acids is 1. The molecule has 0 saturated heterocycles.